The number of nitrogens with zero attached hydrogens (tertiary/aromatic N) is 1. The van der Waals surface area contributed by atoms with Crippen molar-refractivity contribution in [3.63, 3.8) is 0 Å². The maximum atomic E-state index is 13.7. The zero-order chi connectivity index (χ0) is 18.0. The Morgan fingerprint density at radius 2 is 1.32 bits per heavy atom. The van der Waals surface area contributed by atoms with Crippen LogP contribution >= 0.6 is 11.6 Å². The molecule has 0 heterocycles. The van der Waals surface area contributed by atoms with Crippen LogP contribution in [0.4, 0.5) is 0 Å². The molecule has 2 saturated carbocycles. The Morgan fingerprint density at radius 3 is 1.80 bits per heavy atom. The first kappa shape index (κ1) is 19.2. The standard InChI is InChI=1S/C20H30ClNO2S/c1-15-14-20(16(2)13-19(15)21)25(23,24)22(17-9-5-3-6-10-17)18-11-7-4-8-12-18/h13-14,17-18H,3-12H2,1-2H3. The van der Waals surface area contributed by atoms with Gasteiger partial charge in [-0.1, -0.05) is 50.1 Å². The van der Waals surface area contributed by atoms with Crippen molar-refractivity contribution in [1.82, 2.24) is 4.31 Å². The third kappa shape index (κ3) is 4.06. The van der Waals surface area contributed by atoms with Crippen LogP contribution in [0, 0.1) is 13.8 Å². The van der Waals surface area contributed by atoms with E-state index in [2.05, 4.69) is 0 Å². The summed E-state index contributed by atoms with van der Waals surface area (Å²) in [6.45, 7) is 3.74. The van der Waals surface area contributed by atoms with Gasteiger partial charge >= 0.3 is 0 Å². The smallest absolute Gasteiger partial charge is 0.207 e. The van der Waals surface area contributed by atoms with E-state index in [-0.39, 0.29) is 12.1 Å². The second kappa shape index (κ2) is 7.98. The third-order valence-corrected chi connectivity index (χ3v) is 8.44. The van der Waals surface area contributed by atoms with E-state index in [1.54, 1.807) is 12.1 Å². The van der Waals surface area contributed by atoms with Gasteiger partial charge in [-0.25, -0.2) is 8.42 Å². The van der Waals surface area contributed by atoms with Crippen LogP contribution in [-0.2, 0) is 10.0 Å². The number of halogens is 1. The highest BCUT2D eigenvalue weighted by molar-refractivity contribution is 7.89. The minimum atomic E-state index is -3.50. The minimum Gasteiger partial charge on any atom is -0.207 e. The average Bonchev–Trinajstić information content (AvgIpc) is 2.60. The average molecular weight is 384 g/mol. The predicted octanol–water partition coefficient (Wildman–Crippen LogP) is 5.61. The van der Waals surface area contributed by atoms with Crippen LogP contribution in [-0.4, -0.2) is 24.8 Å². The summed E-state index contributed by atoms with van der Waals surface area (Å²) in [5.74, 6) is 0. The van der Waals surface area contributed by atoms with Gasteiger partial charge in [0.15, 0.2) is 0 Å². The molecule has 0 atom stereocenters. The molecule has 0 bridgehead atoms. The topological polar surface area (TPSA) is 37.4 Å². The summed E-state index contributed by atoms with van der Waals surface area (Å²) < 4.78 is 29.3. The van der Waals surface area contributed by atoms with Crippen molar-refractivity contribution in [2.45, 2.75) is 95.0 Å². The number of benzene rings is 1. The molecule has 3 nitrogen and oxygen atoms in total. The predicted molar refractivity (Wildman–Crippen MR) is 104 cm³/mol. The van der Waals surface area contributed by atoms with Crippen molar-refractivity contribution in [2.75, 3.05) is 0 Å². The number of rotatable bonds is 4. The molecule has 2 fully saturated rings. The molecule has 2 aliphatic rings. The van der Waals surface area contributed by atoms with Crippen LogP contribution in [0.3, 0.4) is 0 Å². The quantitative estimate of drug-likeness (QED) is 0.677. The number of sulfonamides is 1. The van der Waals surface area contributed by atoms with E-state index in [4.69, 9.17) is 11.6 Å². The lowest BCUT2D eigenvalue weighted by atomic mass is 9.91. The maximum Gasteiger partial charge on any atom is 0.243 e. The summed E-state index contributed by atoms with van der Waals surface area (Å²) in [4.78, 5) is 0.450. The SMILES string of the molecule is Cc1cc(S(=O)(=O)N(C2CCCCC2)C2CCCCC2)c(C)cc1Cl. The van der Waals surface area contributed by atoms with Gasteiger partial charge in [-0.05, 0) is 62.8 Å². The fourth-order valence-electron chi connectivity index (χ4n) is 4.51. The van der Waals surface area contributed by atoms with Gasteiger partial charge in [-0.2, -0.15) is 4.31 Å². The van der Waals surface area contributed by atoms with E-state index in [9.17, 15) is 8.42 Å². The second-order valence-corrected chi connectivity index (χ2v) is 10.0. The Labute approximate surface area is 157 Å². The summed E-state index contributed by atoms with van der Waals surface area (Å²) in [6.07, 6.45) is 11.0. The van der Waals surface area contributed by atoms with Gasteiger partial charge in [0.25, 0.3) is 0 Å². The molecule has 0 radical (unpaired) electrons. The Kier molecular flexibility index (Phi) is 6.12. The van der Waals surface area contributed by atoms with Gasteiger partial charge in [0, 0.05) is 17.1 Å². The molecule has 1 aromatic carbocycles. The molecular formula is C20H30ClNO2S. The lowest BCUT2D eigenvalue weighted by molar-refractivity contribution is 0.169. The Hall–Kier alpha value is -0.580. The summed E-state index contributed by atoms with van der Waals surface area (Å²) in [6, 6.07) is 3.89. The minimum absolute atomic E-state index is 0.164. The normalized spacial score (nSPS) is 21.0. The first-order valence-electron chi connectivity index (χ1n) is 9.71. The first-order chi connectivity index (χ1) is 11.9. The van der Waals surface area contributed by atoms with E-state index in [1.807, 2.05) is 18.2 Å². The van der Waals surface area contributed by atoms with Gasteiger partial charge in [0.1, 0.15) is 0 Å². The van der Waals surface area contributed by atoms with Crippen LogP contribution in [0.5, 0.6) is 0 Å². The van der Waals surface area contributed by atoms with E-state index in [0.717, 1.165) is 62.5 Å². The molecule has 25 heavy (non-hydrogen) atoms. The number of hydrogen-bond acceptors (Lipinski definition) is 2. The molecule has 140 valence electrons. The highest BCUT2D eigenvalue weighted by atomic mass is 35.5. The number of aryl methyl sites for hydroxylation is 2. The lowest BCUT2D eigenvalue weighted by Gasteiger charge is -2.40. The van der Waals surface area contributed by atoms with Crippen molar-refractivity contribution in [2.24, 2.45) is 0 Å². The fraction of sp³-hybridized carbons (Fsp3) is 0.700. The first-order valence-corrected chi connectivity index (χ1v) is 11.5. The van der Waals surface area contributed by atoms with E-state index >= 15 is 0 Å². The monoisotopic (exact) mass is 383 g/mol. The van der Waals surface area contributed by atoms with Gasteiger partial charge in [0.2, 0.25) is 10.0 Å². The van der Waals surface area contributed by atoms with Crippen molar-refractivity contribution < 1.29 is 8.42 Å². The van der Waals surface area contributed by atoms with Crippen molar-refractivity contribution >= 4 is 21.6 Å². The number of hydrogen-bond donors (Lipinski definition) is 0. The molecule has 2 aliphatic carbocycles. The zero-order valence-electron chi connectivity index (χ0n) is 15.4. The largest absolute Gasteiger partial charge is 0.243 e. The molecule has 0 amide bonds. The summed E-state index contributed by atoms with van der Waals surface area (Å²) >= 11 is 6.20. The van der Waals surface area contributed by atoms with E-state index in [0.29, 0.717) is 9.92 Å². The second-order valence-electron chi connectivity index (χ2n) is 7.79. The molecule has 0 unspecified atom stereocenters. The molecule has 0 aliphatic heterocycles. The van der Waals surface area contributed by atoms with Crippen LogP contribution in [0.1, 0.15) is 75.3 Å². The molecule has 0 aromatic heterocycles. The van der Waals surface area contributed by atoms with Gasteiger partial charge in [0.05, 0.1) is 4.90 Å². The van der Waals surface area contributed by atoms with Crippen LogP contribution in [0.15, 0.2) is 17.0 Å². The molecule has 0 spiro atoms. The fourth-order valence-corrected chi connectivity index (χ4v) is 6.95. The van der Waals surface area contributed by atoms with Crippen molar-refractivity contribution in [1.29, 1.82) is 0 Å². The van der Waals surface area contributed by atoms with Gasteiger partial charge in [-0.3, -0.25) is 0 Å². The van der Waals surface area contributed by atoms with E-state index < -0.39 is 10.0 Å². The maximum absolute atomic E-state index is 13.7. The Balaban J connectivity index is 2.02. The zero-order valence-corrected chi connectivity index (χ0v) is 17.0. The molecule has 0 N–H and O–H groups in total. The van der Waals surface area contributed by atoms with Crippen molar-refractivity contribution in [3.05, 3.63) is 28.3 Å². The Bertz CT molecular complexity index is 687. The lowest BCUT2D eigenvalue weighted by Crippen LogP contribution is -2.48. The summed E-state index contributed by atoms with van der Waals surface area (Å²) in [7, 11) is -3.50. The molecule has 5 heteroatoms. The van der Waals surface area contributed by atoms with Gasteiger partial charge < -0.3 is 0 Å². The highest BCUT2D eigenvalue weighted by Gasteiger charge is 2.38. The molecular weight excluding hydrogens is 354 g/mol. The van der Waals surface area contributed by atoms with Crippen molar-refractivity contribution in [3.8, 4) is 0 Å². The molecule has 3 rings (SSSR count). The van der Waals surface area contributed by atoms with Crippen LogP contribution < -0.4 is 0 Å². The molecule has 1 aromatic rings. The summed E-state index contributed by atoms with van der Waals surface area (Å²) in [5, 5.41) is 0.637. The van der Waals surface area contributed by atoms with Crippen LogP contribution in [0.25, 0.3) is 0 Å². The highest BCUT2D eigenvalue weighted by Crippen LogP contribution is 2.36. The Morgan fingerprint density at radius 1 is 0.840 bits per heavy atom. The van der Waals surface area contributed by atoms with Gasteiger partial charge in [-0.15, -0.1) is 0 Å². The summed E-state index contributed by atoms with van der Waals surface area (Å²) in [5.41, 5.74) is 1.59. The molecule has 0 saturated heterocycles. The third-order valence-electron chi connectivity index (χ3n) is 5.88. The van der Waals surface area contributed by atoms with E-state index in [1.165, 1.54) is 12.8 Å². The van der Waals surface area contributed by atoms with Crippen LogP contribution in [0.2, 0.25) is 5.02 Å².